The average molecular weight is 272 g/mol. The van der Waals surface area contributed by atoms with Gasteiger partial charge in [-0.3, -0.25) is 0 Å². The Labute approximate surface area is 116 Å². The third-order valence-electron chi connectivity index (χ3n) is 3.53. The lowest BCUT2D eigenvalue weighted by molar-refractivity contribution is 0.0305. The minimum Gasteiger partial charge on any atom is -0.465 e. The van der Waals surface area contributed by atoms with Crippen LogP contribution in [0.15, 0.2) is 0 Å². The second-order valence-electron chi connectivity index (χ2n) is 5.94. The maximum atomic E-state index is 10.6. The van der Waals surface area contributed by atoms with Gasteiger partial charge in [-0.25, -0.2) is 4.79 Å². The van der Waals surface area contributed by atoms with E-state index in [0.29, 0.717) is 6.10 Å². The zero-order valence-corrected chi connectivity index (χ0v) is 12.2. The number of hydrogen-bond acceptors (Lipinski definition) is 3. The molecule has 0 aromatic rings. The summed E-state index contributed by atoms with van der Waals surface area (Å²) in [7, 11) is 0. The highest BCUT2D eigenvalue weighted by atomic mass is 16.5. The summed E-state index contributed by atoms with van der Waals surface area (Å²) in [6.45, 7) is 6.82. The predicted octanol–water partition coefficient (Wildman–Crippen LogP) is 2.36. The first-order valence-electron chi connectivity index (χ1n) is 7.33. The first-order valence-corrected chi connectivity index (χ1v) is 7.33. The fourth-order valence-electron chi connectivity index (χ4n) is 2.41. The summed E-state index contributed by atoms with van der Waals surface area (Å²) in [5.41, 5.74) is -0.332. The van der Waals surface area contributed by atoms with Crippen LogP contribution in [0.5, 0.6) is 0 Å². The lowest BCUT2D eigenvalue weighted by atomic mass is 9.97. The van der Waals surface area contributed by atoms with Crippen molar-refractivity contribution in [3.8, 4) is 0 Å². The summed E-state index contributed by atoms with van der Waals surface area (Å²) in [5, 5.41) is 14.6. The summed E-state index contributed by atoms with van der Waals surface area (Å²) >= 11 is 0. The van der Waals surface area contributed by atoms with E-state index in [9.17, 15) is 4.79 Å². The lowest BCUT2D eigenvalue weighted by Gasteiger charge is -2.25. The zero-order chi connectivity index (χ0) is 14.1. The maximum Gasteiger partial charge on any atom is 0.405 e. The first kappa shape index (κ1) is 16.2. The monoisotopic (exact) mass is 272 g/mol. The largest absolute Gasteiger partial charge is 0.465 e. The molecular formula is C14H28N2O3. The van der Waals surface area contributed by atoms with Crippen LogP contribution in [-0.4, -0.2) is 42.5 Å². The molecule has 0 saturated carbocycles. The molecule has 112 valence electrons. The van der Waals surface area contributed by atoms with Crippen molar-refractivity contribution in [2.24, 2.45) is 0 Å². The van der Waals surface area contributed by atoms with Crippen LogP contribution in [0.1, 0.15) is 52.4 Å². The maximum absolute atomic E-state index is 10.6. The van der Waals surface area contributed by atoms with Crippen molar-refractivity contribution in [1.29, 1.82) is 0 Å². The number of hydrogen-bond donors (Lipinski definition) is 3. The van der Waals surface area contributed by atoms with Crippen LogP contribution >= 0.6 is 0 Å². The van der Waals surface area contributed by atoms with Crippen LogP contribution in [0, 0.1) is 0 Å². The SMILES string of the molecule is CC(C)(CCCCCOC1CCNCC1)NC(=O)O. The van der Waals surface area contributed by atoms with E-state index in [1.807, 2.05) is 13.8 Å². The fraction of sp³-hybridized carbons (Fsp3) is 0.929. The molecule has 1 heterocycles. The number of ether oxygens (including phenoxy) is 1. The van der Waals surface area contributed by atoms with E-state index in [2.05, 4.69) is 10.6 Å². The molecule has 0 bridgehead atoms. The molecule has 1 aliphatic heterocycles. The second-order valence-corrected chi connectivity index (χ2v) is 5.94. The van der Waals surface area contributed by atoms with E-state index in [-0.39, 0.29) is 5.54 Å². The van der Waals surface area contributed by atoms with Crippen LogP contribution in [0.2, 0.25) is 0 Å². The van der Waals surface area contributed by atoms with Gasteiger partial charge in [0, 0.05) is 12.1 Å². The molecule has 1 fully saturated rings. The van der Waals surface area contributed by atoms with Crippen LogP contribution in [-0.2, 0) is 4.74 Å². The number of piperidine rings is 1. The Morgan fingerprint density at radius 2 is 2.00 bits per heavy atom. The first-order chi connectivity index (χ1) is 8.99. The topological polar surface area (TPSA) is 70.6 Å². The van der Waals surface area contributed by atoms with Crippen molar-refractivity contribution in [3.63, 3.8) is 0 Å². The van der Waals surface area contributed by atoms with Gasteiger partial charge in [-0.2, -0.15) is 0 Å². The van der Waals surface area contributed by atoms with Gasteiger partial charge in [0.25, 0.3) is 0 Å². The number of nitrogens with one attached hydrogen (secondary N) is 2. The standard InChI is InChI=1S/C14H28N2O3/c1-14(2,16-13(17)18)8-4-3-5-11-19-12-6-9-15-10-7-12/h12,15-16H,3-11H2,1-2H3,(H,17,18). The minimum atomic E-state index is -0.945. The second kappa shape index (κ2) is 8.38. The Morgan fingerprint density at radius 1 is 1.32 bits per heavy atom. The Balaban J connectivity index is 1.97. The van der Waals surface area contributed by atoms with Crippen LogP contribution in [0.4, 0.5) is 4.79 Å². The lowest BCUT2D eigenvalue weighted by Crippen LogP contribution is -2.42. The molecule has 0 aromatic carbocycles. The molecular weight excluding hydrogens is 244 g/mol. The Morgan fingerprint density at radius 3 is 2.63 bits per heavy atom. The van der Waals surface area contributed by atoms with Gasteiger partial charge >= 0.3 is 6.09 Å². The molecule has 19 heavy (non-hydrogen) atoms. The highest BCUT2D eigenvalue weighted by Gasteiger charge is 2.19. The van der Waals surface area contributed by atoms with Crippen molar-refractivity contribution < 1.29 is 14.6 Å². The molecule has 1 aliphatic rings. The van der Waals surface area contributed by atoms with E-state index < -0.39 is 6.09 Å². The molecule has 5 heteroatoms. The van der Waals surface area contributed by atoms with E-state index in [0.717, 1.165) is 58.2 Å². The normalized spacial score (nSPS) is 17.4. The Hall–Kier alpha value is -0.810. The smallest absolute Gasteiger partial charge is 0.405 e. The number of carbonyl (C=O) groups is 1. The highest BCUT2D eigenvalue weighted by molar-refractivity contribution is 5.65. The van der Waals surface area contributed by atoms with Gasteiger partial charge < -0.3 is 20.5 Å². The van der Waals surface area contributed by atoms with Gasteiger partial charge in [0.15, 0.2) is 0 Å². The zero-order valence-electron chi connectivity index (χ0n) is 12.2. The van der Waals surface area contributed by atoms with E-state index in [1.54, 1.807) is 0 Å². The van der Waals surface area contributed by atoms with E-state index in [4.69, 9.17) is 9.84 Å². The molecule has 0 aliphatic carbocycles. The Bertz CT molecular complexity index is 263. The summed E-state index contributed by atoms with van der Waals surface area (Å²) < 4.78 is 5.83. The van der Waals surface area contributed by atoms with Crippen molar-refractivity contribution in [2.75, 3.05) is 19.7 Å². The molecule has 3 N–H and O–H groups in total. The minimum absolute atomic E-state index is 0.332. The number of carboxylic acid groups (broad SMARTS) is 1. The summed E-state index contributed by atoms with van der Waals surface area (Å²) in [6.07, 6.45) is 5.79. The van der Waals surface area contributed by atoms with Crippen LogP contribution in [0.25, 0.3) is 0 Å². The van der Waals surface area contributed by atoms with Crippen molar-refractivity contribution in [2.45, 2.75) is 64.0 Å². The molecule has 1 amide bonds. The molecule has 0 spiro atoms. The van der Waals surface area contributed by atoms with Crippen LogP contribution in [0.3, 0.4) is 0 Å². The molecule has 0 atom stereocenters. The molecule has 1 saturated heterocycles. The molecule has 5 nitrogen and oxygen atoms in total. The Kier molecular flexibility index (Phi) is 7.16. The summed E-state index contributed by atoms with van der Waals surface area (Å²) in [6, 6.07) is 0. The number of rotatable bonds is 8. The molecule has 0 aromatic heterocycles. The summed E-state index contributed by atoms with van der Waals surface area (Å²) in [4.78, 5) is 10.6. The van der Waals surface area contributed by atoms with Crippen molar-refractivity contribution in [3.05, 3.63) is 0 Å². The van der Waals surface area contributed by atoms with Gasteiger partial charge in [-0.1, -0.05) is 12.8 Å². The van der Waals surface area contributed by atoms with Gasteiger partial charge in [0.05, 0.1) is 6.10 Å². The van der Waals surface area contributed by atoms with Crippen molar-refractivity contribution >= 4 is 6.09 Å². The van der Waals surface area contributed by atoms with E-state index >= 15 is 0 Å². The highest BCUT2D eigenvalue weighted by Crippen LogP contribution is 2.14. The van der Waals surface area contributed by atoms with E-state index in [1.165, 1.54) is 0 Å². The third-order valence-corrected chi connectivity index (χ3v) is 3.53. The van der Waals surface area contributed by atoms with Gasteiger partial charge in [-0.05, 0) is 52.6 Å². The number of unbranched alkanes of at least 4 members (excludes halogenated alkanes) is 2. The predicted molar refractivity (Wildman–Crippen MR) is 75.6 cm³/mol. The third kappa shape index (κ3) is 8.06. The number of amides is 1. The summed E-state index contributed by atoms with van der Waals surface area (Å²) in [5.74, 6) is 0. The molecule has 0 radical (unpaired) electrons. The molecule has 1 rings (SSSR count). The van der Waals surface area contributed by atoms with Crippen LogP contribution < -0.4 is 10.6 Å². The van der Waals surface area contributed by atoms with Crippen molar-refractivity contribution in [1.82, 2.24) is 10.6 Å². The van der Waals surface area contributed by atoms with Gasteiger partial charge in [0.1, 0.15) is 0 Å². The quantitative estimate of drug-likeness (QED) is 0.593. The molecule has 0 unspecified atom stereocenters. The average Bonchev–Trinajstić information content (AvgIpc) is 2.33. The fourth-order valence-corrected chi connectivity index (χ4v) is 2.41. The van der Waals surface area contributed by atoms with Gasteiger partial charge in [-0.15, -0.1) is 0 Å². The van der Waals surface area contributed by atoms with Gasteiger partial charge in [0.2, 0.25) is 0 Å².